The number of benzene rings is 3. The molecule has 2 aliphatic heterocycles. The Balaban J connectivity index is 1.96. The molecule has 0 saturated heterocycles. The predicted octanol–water partition coefficient (Wildman–Crippen LogP) is 4.69. The predicted molar refractivity (Wildman–Crippen MR) is 114 cm³/mol. The SMILES string of the molecule is Bc1ccc2c(c1)C(C)(C)c1cccc3c1N2c1ccccc1C3(C)C. The summed E-state index contributed by atoms with van der Waals surface area (Å²) in [4.78, 5) is 2.51. The lowest BCUT2D eigenvalue weighted by atomic mass is 9.66. The molecule has 3 aromatic carbocycles. The molecule has 3 aromatic rings. The Morgan fingerprint density at radius 2 is 1.23 bits per heavy atom. The maximum absolute atomic E-state index is 2.51. The van der Waals surface area contributed by atoms with Gasteiger partial charge in [-0.05, 0) is 34.4 Å². The summed E-state index contributed by atoms with van der Waals surface area (Å²) in [6.45, 7) is 9.45. The molecule has 2 aliphatic rings. The molecule has 5 rings (SSSR count). The third-order valence-corrected chi connectivity index (χ3v) is 6.49. The van der Waals surface area contributed by atoms with E-state index in [0.29, 0.717) is 0 Å². The molecule has 0 aliphatic carbocycles. The van der Waals surface area contributed by atoms with Crippen LogP contribution in [0.25, 0.3) is 0 Å². The normalized spacial score (nSPS) is 17.9. The van der Waals surface area contributed by atoms with Gasteiger partial charge in [0.05, 0.1) is 17.1 Å². The summed E-state index contributed by atoms with van der Waals surface area (Å²) in [5.74, 6) is 0. The molecule has 128 valence electrons. The summed E-state index contributed by atoms with van der Waals surface area (Å²) in [5, 5.41) is 0. The summed E-state index contributed by atoms with van der Waals surface area (Å²) >= 11 is 0. The fraction of sp³-hybridized carbons (Fsp3) is 0.250. The van der Waals surface area contributed by atoms with E-state index >= 15 is 0 Å². The zero-order valence-electron chi connectivity index (χ0n) is 16.2. The third kappa shape index (κ3) is 1.77. The number of para-hydroxylation sites is 2. The molecule has 0 amide bonds. The van der Waals surface area contributed by atoms with E-state index in [0.717, 1.165) is 0 Å². The molecule has 2 heterocycles. The lowest BCUT2D eigenvalue weighted by Gasteiger charge is -2.49. The first-order valence-corrected chi connectivity index (χ1v) is 9.48. The number of anilines is 3. The second kappa shape index (κ2) is 4.82. The van der Waals surface area contributed by atoms with Gasteiger partial charge in [0.1, 0.15) is 7.85 Å². The molecule has 2 heteroatoms. The minimum atomic E-state index is -0.00837. The van der Waals surface area contributed by atoms with Crippen LogP contribution in [0.3, 0.4) is 0 Å². The van der Waals surface area contributed by atoms with Gasteiger partial charge in [-0.15, -0.1) is 0 Å². The molecule has 0 saturated carbocycles. The van der Waals surface area contributed by atoms with Crippen LogP contribution in [0.1, 0.15) is 49.9 Å². The average Bonchev–Trinajstić information content (AvgIpc) is 2.62. The zero-order valence-corrected chi connectivity index (χ0v) is 16.2. The van der Waals surface area contributed by atoms with Crippen molar-refractivity contribution in [1.82, 2.24) is 0 Å². The van der Waals surface area contributed by atoms with Crippen LogP contribution < -0.4 is 10.4 Å². The van der Waals surface area contributed by atoms with Crippen molar-refractivity contribution < 1.29 is 0 Å². The van der Waals surface area contributed by atoms with Crippen LogP contribution in [0.2, 0.25) is 0 Å². The van der Waals surface area contributed by atoms with E-state index in [-0.39, 0.29) is 10.8 Å². The van der Waals surface area contributed by atoms with Gasteiger partial charge in [0.2, 0.25) is 0 Å². The maximum Gasteiger partial charge on any atom is 0.139 e. The molecule has 0 unspecified atom stereocenters. The van der Waals surface area contributed by atoms with Crippen LogP contribution >= 0.6 is 0 Å². The Morgan fingerprint density at radius 1 is 0.654 bits per heavy atom. The lowest BCUT2D eigenvalue weighted by molar-refractivity contribution is 0.597. The summed E-state index contributed by atoms with van der Waals surface area (Å²) in [7, 11) is 2.19. The van der Waals surface area contributed by atoms with Crippen molar-refractivity contribution >= 4 is 30.4 Å². The molecule has 0 aromatic heterocycles. The molecule has 0 N–H and O–H groups in total. The van der Waals surface area contributed by atoms with E-state index in [1.165, 1.54) is 44.8 Å². The number of hydrogen-bond acceptors (Lipinski definition) is 1. The highest BCUT2D eigenvalue weighted by molar-refractivity contribution is 6.32. The second-order valence-electron chi connectivity index (χ2n) is 8.82. The molecule has 0 atom stereocenters. The highest BCUT2D eigenvalue weighted by Gasteiger charge is 2.44. The Labute approximate surface area is 157 Å². The van der Waals surface area contributed by atoms with Gasteiger partial charge in [-0.3, -0.25) is 0 Å². The molecular weight excluding hydrogens is 313 g/mol. The summed E-state index contributed by atoms with van der Waals surface area (Å²) in [5.41, 5.74) is 11.0. The van der Waals surface area contributed by atoms with Crippen LogP contribution in [0, 0.1) is 0 Å². The quantitative estimate of drug-likeness (QED) is 0.538. The van der Waals surface area contributed by atoms with Crippen molar-refractivity contribution in [2.75, 3.05) is 4.90 Å². The summed E-state index contributed by atoms with van der Waals surface area (Å²) < 4.78 is 0. The monoisotopic (exact) mass is 337 g/mol. The highest BCUT2D eigenvalue weighted by atomic mass is 15.2. The van der Waals surface area contributed by atoms with Crippen LogP contribution in [0.4, 0.5) is 17.1 Å². The topological polar surface area (TPSA) is 3.24 Å². The Bertz CT molecular complexity index is 1060. The lowest BCUT2D eigenvalue weighted by Crippen LogP contribution is -2.38. The van der Waals surface area contributed by atoms with Crippen molar-refractivity contribution in [3.05, 3.63) is 82.9 Å². The molecule has 1 nitrogen and oxygen atoms in total. The van der Waals surface area contributed by atoms with Gasteiger partial charge in [0.15, 0.2) is 0 Å². The smallest absolute Gasteiger partial charge is 0.139 e. The molecule has 26 heavy (non-hydrogen) atoms. The Kier molecular flexibility index (Phi) is 2.92. The van der Waals surface area contributed by atoms with Crippen LogP contribution in [0.15, 0.2) is 60.7 Å². The van der Waals surface area contributed by atoms with E-state index in [1.807, 2.05) is 0 Å². The van der Waals surface area contributed by atoms with Crippen molar-refractivity contribution in [2.45, 2.75) is 38.5 Å². The number of rotatable bonds is 0. The minimum Gasteiger partial charge on any atom is -0.309 e. The molecule has 0 fully saturated rings. The summed E-state index contributed by atoms with van der Waals surface area (Å²) in [6, 6.07) is 22.7. The van der Waals surface area contributed by atoms with Gasteiger partial charge < -0.3 is 4.90 Å². The van der Waals surface area contributed by atoms with Crippen molar-refractivity contribution in [3.63, 3.8) is 0 Å². The number of nitrogens with zero attached hydrogens (tertiary/aromatic N) is 1. The van der Waals surface area contributed by atoms with Crippen molar-refractivity contribution in [3.8, 4) is 0 Å². The first-order valence-electron chi connectivity index (χ1n) is 9.48. The number of hydrogen-bond donors (Lipinski definition) is 0. The average molecular weight is 337 g/mol. The third-order valence-electron chi connectivity index (χ3n) is 6.49. The van der Waals surface area contributed by atoms with E-state index in [2.05, 4.69) is 101 Å². The van der Waals surface area contributed by atoms with Gasteiger partial charge in [0.25, 0.3) is 0 Å². The van der Waals surface area contributed by atoms with Gasteiger partial charge in [-0.25, -0.2) is 0 Å². The van der Waals surface area contributed by atoms with E-state index in [4.69, 9.17) is 0 Å². The van der Waals surface area contributed by atoms with Crippen molar-refractivity contribution in [1.29, 1.82) is 0 Å². The van der Waals surface area contributed by atoms with Crippen LogP contribution in [0.5, 0.6) is 0 Å². The van der Waals surface area contributed by atoms with Crippen LogP contribution in [-0.2, 0) is 10.8 Å². The first-order chi connectivity index (χ1) is 12.3. The van der Waals surface area contributed by atoms with E-state index in [9.17, 15) is 0 Å². The van der Waals surface area contributed by atoms with E-state index < -0.39 is 0 Å². The standard InChI is InChI=1S/C24H24BN/c1-23(2)16-8-5-6-11-20(16)26-21-13-12-15(25)14-19(21)24(3,4)18-10-7-9-17(23)22(18)26/h5-14H,25H2,1-4H3. The van der Waals surface area contributed by atoms with E-state index in [1.54, 1.807) is 0 Å². The van der Waals surface area contributed by atoms with Crippen molar-refractivity contribution in [2.24, 2.45) is 0 Å². The van der Waals surface area contributed by atoms with Gasteiger partial charge >= 0.3 is 0 Å². The highest BCUT2D eigenvalue weighted by Crippen LogP contribution is 2.59. The number of fused-ring (bicyclic) bond motifs is 4. The first kappa shape index (κ1) is 15.8. The zero-order chi connectivity index (χ0) is 18.3. The molecular formula is C24H24BN. The maximum atomic E-state index is 2.51. The summed E-state index contributed by atoms with van der Waals surface area (Å²) in [6.07, 6.45) is 0. The fourth-order valence-corrected chi connectivity index (χ4v) is 5.00. The molecule has 0 spiro atoms. The Hall–Kier alpha value is -2.48. The van der Waals surface area contributed by atoms with Gasteiger partial charge in [-0.2, -0.15) is 0 Å². The van der Waals surface area contributed by atoms with Gasteiger partial charge in [-0.1, -0.05) is 81.7 Å². The molecule has 0 bridgehead atoms. The van der Waals surface area contributed by atoms with Crippen LogP contribution in [-0.4, -0.2) is 7.85 Å². The molecule has 0 radical (unpaired) electrons. The van der Waals surface area contributed by atoms with Gasteiger partial charge in [0, 0.05) is 10.8 Å². The fourth-order valence-electron chi connectivity index (χ4n) is 5.00. The minimum absolute atomic E-state index is 0.00326. The second-order valence-corrected chi connectivity index (χ2v) is 8.82. The largest absolute Gasteiger partial charge is 0.309 e. The Morgan fingerprint density at radius 3 is 1.96 bits per heavy atom.